The summed E-state index contributed by atoms with van der Waals surface area (Å²) in [5.74, 6) is 0.448. The number of thioether (sulfide) groups is 1. The number of rotatable bonds is 8. The second-order valence-electron chi connectivity index (χ2n) is 6.78. The predicted molar refractivity (Wildman–Crippen MR) is 126 cm³/mol. The standard InChI is InChI=1S/C24H23ClN2O3S/c1-16(19-10-3-5-12-21(19)25)26-24(29)20-11-4-6-13-22(20)31-15-23(28)27-17-8-7-9-18(14-17)30-2/h3-14,16H,15H2,1-2H3,(H,26,29)(H,27,28). The summed E-state index contributed by atoms with van der Waals surface area (Å²) in [5.41, 5.74) is 2.02. The van der Waals surface area contributed by atoms with E-state index in [-0.39, 0.29) is 23.6 Å². The van der Waals surface area contributed by atoms with E-state index in [4.69, 9.17) is 16.3 Å². The van der Waals surface area contributed by atoms with Gasteiger partial charge in [-0.2, -0.15) is 0 Å². The maximum absolute atomic E-state index is 12.9. The Balaban J connectivity index is 1.63. The van der Waals surface area contributed by atoms with Crippen LogP contribution in [0.2, 0.25) is 5.02 Å². The fraction of sp³-hybridized carbons (Fsp3) is 0.167. The van der Waals surface area contributed by atoms with E-state index in [0.717, 1.165) is 10.5 Å². The molecule has 2 N–H and O–H groups in total. The van der Waals surface area contributed by atoms with E-state index in [9.17, 15) is 9.59 Å². The normalized spacial score (nSPS) is 11.5. The quantitative estimate of drug-likeness (QED) is 0.436. The van der Waals surface area contributed by atoms with E-state index < -0.39 is 0 Å². The fourth-order valence-corrected chi connectivity index (χ4v) is 4.15. The van der Waals surface area contributed by atoms with Crippen LogP contribution in [-0.4, -0.2) is 24.7 Å². The number of methoxy groups -OCH3 is 1. The van der Waals surface area contributed by atoms with Crippen molar-refractivity contribution in [3.05, 3.63) is 88.9 Å². The van der Waals surface area contributed by atoms with Gasteiger partial charge in [-0.15, -0.1) is 11.8 Å². The van der Waals surface area contributed by atoms with Gasteiger partial charge in [0.05, 0.1) is 24.5 Å². The first-order valence-electron chi connectivity index (χ1n) is 9.69. The van der Waals surface area contributed by atoms with Crippen molar-refractivity contribution >= 4 is 40.9 Å². The predicted octanol–water partition coefficient (Wildman–Crippen LogP) is 5.57. The molecular formula is C24H23ClN2O3S. The molecule has 3 rings (SSSR count). The number of carbonyl (C=O) groups excluding carboxylic acids is 2. The summed E-state index contributed by atoms with van der Waals surface area (Å²) in [6.45, 7) is 1.89. The summed E-state index contributed by atoms with van der Waals surface area (Å²) in [6.07, 6.45) is 0. The van der Waals surface area contributed by atoms with E-state index in [2.05, 4.69) is 10.6 Å². The van der Waals surface area contributed by atoms with Gasteiger partial charge < -0.3 is 15.4 Å². The zero-order valence-corrected chi connectivity index (χ0v) is 18.8. The summed E-state index contributed by atoms with van der Waals surface area (Å²) >= 11 is 7.55. The zero-order chi connectivity index (χ0) is 22.2. The molecule has 0 aliphatic heterocycles. The molecule has 2 amide bonds. The summed E-state index contributed by atoms with van der Waals surface area (Å²) in [5, 5.41) is 6.43. The van der Waals surface area contributed by atoms with E-state index in [1.54, 1.807) is 43.5 Å². The molecular weight excluding hydrogens is 432 g/mol. The van der Waals surface area contributed by atoms with Gasteiger partial charge in [0.15, 0.2) is 0 Å². The number of nitrogens with one attached hydrogen (secondary N) is 2. The molecule has 3 aromatic rings. The summed E-state index contributed by atoms with van der Waals surface area (Å²) in [7, 11) is 1.57. The molecule has 0 aliphatic carbocycles. The lowest BCUT2D eigenvalue weighted by Crippen LogP contribution is -2.27. The van der Waals surface area contributed by atoms with Gasteiger partial charge in [-0.25, -0.2) is 0 Å². The van der Waals surface area contributed by atoms with E-state index in [1.165, 1.54) is 11.8 Å². The molecule has 0 aliphatic rings. The Morgan fingerprint density at radius 1 is 1.03 bits per heavy atom. The first kappa shape index (κ1) is 22.7. The molecule has 0 fully saturated rings. The third kappa shape index (κ3) is 6.26. The Kier molecular flexibility index (Phi) is 7.98. The lowest BCUT2D eigenvalue weighted by atomic mass is 10.1. The number of amides is 2. The molecule has 0 heterocycles. The van der Waals surface area contributed by atoms with Gasteiger partial charge in [0.2, 0.25) is 5.91 Å². The minimum atomic E-state index is -0.254. The van der Waals surface area contributed by atoms with Crippen molar-refractivity contribution in [1.29, 1.82) is 0 Å². The summed E-state index contributed by atoms with van der Waals surface area (Å²) < 4.78 is 5.17. The van der Waals surface area contributed by atoms with Gasteiger partial charge >= 0.3 is 0 Å². The van der Waals surface area contributed by atoms with Crippen molar-refractivity contribution in [1.82, 2.24) is 5.32 Å². The Morgan fingerprint density at radius 2 is 1.77 bits per heavy atom. The molecule has 0 radical (unpaired) electrons. The Labute approximate surface area is 191 Å². The van der Waals surface area contributed by atoms with E-state index in [1.807, 2.05) is 43.3 Å². The molecule has 1 atom stereocenters. The van der Waals surface area contributed by atoms with Crippen LogP contribution in [0.5, 0.6) is 5.75 Å². The van der Waals surface area contributed by atoms with Gasteiger partial charge in [0.1, 0.15) is 5.75 Å². The molecule has 0 saturated heterocycles. The molecule has 0 spiro atoms. The lowest BCUT2D eigenvalue weighted by Gasteiger charge is -2.17. The molecule has 3 aromatic carbocycles. The number of anilines is 1. The number of ether oxygens (including phenoxy) is 1. The molecule has 0 aromatic heterocycles. The number of benzene rings is 3. The maximum atomic E-state index is 12.9. The van der Waals surface area contributed by atoms with Crippen molar-refractivity contribution < 1.29 is 14.3 Å². The largest absolute Gasteiger partial charge is 0.497 e. The van der Waals surface area contributed by atoms with Crippen molar-refractivity contribution in [2.24, 2.45) is 0 Å². The van der Waals surface area contributed by atoms with Crippen LogP contribution in [0.4, 0.5) is 5.69 Å². The van der Waals surface area contributed by atoms with Crippen LogP contribution in [0.1, 0.15) is 28.9 Å². The first-order chi connectivity index (χ1) is 15.0. The van der Waals surface area contributed by atoms with Gasteiger partial charge in [-0.1, -0.05) is 48.0 Å². The van der Waals surface area contributed by atoms with Crippen LogP contribution < -0.4 is 15.4 Å². The monoisotopic (exact) mass is 454 g/mol. The third-order valence-corrected chi connectivity index (χ3v) is 5.98. The van der Waals surface area contributed by atoms with Crippen molar-refractivity contribution in [2.75, 3.05) is 18.2 Å². The highest BCUT2D eigenvalue weighted by Gasteiger charge is 2.17. The molecule has 1 unspecified atom stereocenters. The Bertz CT molecular complexity index is 1070. The highest BCUT2D eigenvalue weighted by Crippen LogP contribution is 2.26. The highest BCUT2D eigenvalue weighted by molar-refractivity contribution is 8.00. The average molecular weight is 455 g/mol. The smallest absolute Gasteiger partial charge is 0.252 e. The summed E-state index contributed by atoms with van der Waals surface area (Å²) in [4.78, 5) is 26.0. The minimum absolute atomic E-state index is 0.168. The zero-order valence-electron chi connectivity index (χ0n) is 17.2. The molecule has 0 saturated carbocycles. The molecule has 31 heavy (non-hydrogen) atoms. The SMILES string of the molecule is COc1cccc(NC(=O)CSc2ccccc2C(=O)NC(C)c2ccccc2Cl)c1. The van der Waals surface area contributed by atoms with Gasteiger partial charge in [0.25, 0.3) is 5.91 Å². The van der Waals surface area contributed by atoms with Gasteiger partial charge in [-0.3, -0.25) is 9.59 Å². The highest BCUT2D eigenvalue weighted by atomic mass is 35.5. The van der Waals surface area contributed by atoms with Gasteiger partial charge in [-0.05, 0) is 42.8 Å². The maximum Gasteiger partial charge on any atom is 0.252 e. The van der Waals surface area contributed by atoms with Crippen LogP contribution in [0.15, 0.2) is 77.7 Å². The van der Waals surface area contributed by atoms with Crippen LogP contribution >= 0.6 is 23.4 Å². The molecule has 0 bridgehead atoms. The van der Waals surface area contributed by atoms with E-state index in [0.29, 0.717) is 22.0 Å². The molecule has 7 heteroatoms. The fourth-order valence-electron chi connectivity index (χ4n) is 3.00. The summed E-state index contributed by atoms with van der Waals surface area (Å²) in [6, 6.07) is 21.5. The number of carbonyl (C=O) groups is 2. The minimum Gasteiger partial charge on any atom is -0.497 e. The van der Waals surface area contributed by atoms with Crippen molar-refractivity contribution in [2.45, 2.75) is 17.9 Å². The second-order valence-corrected chi connectivity index (χ2v) is 8.21. The van der Waals surface area contributed by atoms with E-state index >= 15 is 0 Å². The lowest BCUT2D eigenvalue weighted by molar-refractivity contribution is -0.113. The number of halogens is 1. The van der Waals surface area contributed by atoms with Crippen LogP contribution in [0.25, 0.3) is 0 Å². The Hall–Kier alpha value is -2.96. The van der Waals surface area contributed by atoms with Crippen LogP contribution in [0, 0.1) is 0 Å². The second kappa shape index (κ2) is 10.9. The van der Waals surface area contributed by atoms with Crippen molar-refractivity contribution in [3.63, 3.8) is 0 Å². The number of hydrogen-bond acceptors (Lipinski definition) is 4. The molecule has 160 valence electrons. The van der Waals surface area contributed by atoms with Crippen LogP contribution in [-0.2, 0) is 4.79 Å². The molecule has 5 nitrogen and oxygen atoms in total. The van der Waals surface area contributed by atoms with Gasteiger partial charge in [0, 0.05) is 21.7 Å². The number of hydrogen-bond donors (Lipinski definition) is 2. The third-order valence-electron chi connectivity index (χ3n) is 4.56. The van der Waals surface area contributed by atoms with Crippen molar-refractivity contribution in [3.8, 4) is 5.75 Å². The first-order valence-corrected chi connectivity index (χ1v) is 11.1. The average Bonchev–Trinajstić information content (AvgIpc) is 2.78. The Morgan fingerprint density at radius 3 is 2.55 bits per heavy atom. The van der Waals surface area contributed by atoms with Crippen LogP contribution in [0.3, 0.4) is 0 Å². The topological polar surface area (TPSA) is 67.4 Å².